The zero-order valence-electron chi connectivity index (χ0n) is 8.23. The summed E-state index contributed by atoms with van der Waals surface area (Å²) >= 11 is 5.99. The maximum absolute atomic E-state index is 11.2. The Labute approximate surface area is 88.5 Å². The highest BCUT2D eigenvalue weighted by atomic mass is 35.5. The van der Waals surface area contributed by atoms with E-state index >= 15 is 0 Å². The first-order chi connectivity index (χ1) is 6.65. The van der Waals surface area contributed by atoms with Gasteiger partial charge in [0.1, 0.15) is 0 Å². The minimum Gasteiger partial charge on any atom is -0.338 e. The molecule has 14 heavy (non-hydrogen) atoms. The van der Waals surface area contributed by atoms with Gasteiger partial charge in [-0.15, -0.1) is 0 Å². The fourth-order valence-electron chi connectivity index (χ4n) is 1.07. The van der Waals surface area contributed by atoms with Gasteiger partial charge in [-0.1, -0.05) is 23.7 Å². The lowest BCUT2D eigenvalue weighted by Gasteiger charge is -2.08. The summed E-state index contributed by atoms with van der Waals surface area (Å²) in [6.07, 6.45) is 0. The Kier molecular flexibility index (Phi) is 3.77. The molecule has 0 aromatic heterocycles. The van der Waals surface area contributed by atoms with Crippen molar-refractivity contribution < 1.29 is 4.79 Å². The van der Waals surface area contributed by atoms with Gasteiger partial charge in [0.15, 0.2) is 0 Å². The summed E-state index contributed by atoms with van der Waals surface area (Å²) in [6.45, 7) is 4.35. The van der Waals surface area contributed by atoms with Gasteiger partial charge in [0.05, 0.1) is 10.7 Å². The van der Waals surface area contributed by atoms with Gasteiger partial charge in [-0.3, -0.25) is 0 Å². The van der Waals surface area contributed by atoms with Crippen LogP contribution in [0.25, 0.3) is 0 Å². The number of carbonyl (C=O) groups excluding carboxylic acids is 1. The Balaban J connectivity index is 2.76. The molecule has 0 radical (unpaired) electrons. The number of urea groups is 1. The van der Waals surface area contributed by atoms with Crippen LogP contribution in [0.1, 0.15) is 12.5 Å². The summed E-state index contributed by atoms with van der Waals surface area (Å²) in [7, 11) is 0. The molecule has 0 fully saturated rings. The van der Waals surface area contributed by atoms with Gasteiger partial charge >= 0.3 is 6.03 Å². The van der Waals surface area contributed by atoms with Gasteiger partial charge in [-0.2, -0.15) is 0 Å². The number of nitrogens with one attached hydrogen (secondary N) is 2. The van der Waals surface area contributed by atoms with Crippen molar-refractivity contribution in [2.24, 2.45) is 0 Å². The van der Waals surface area contributed by atoms with Gasteiger partial charge in [-0.25, -0.2) is 4.79 Å². The Morgan fingerprint density at radius 3 is 2.86 bits per heavy atom. The summed E-state index contributed by atoms with van der Waals surface area (Å²) in [4.78, 5) is 11.2. The zero-order chi connectivity index (χ0) is 10.6. The van der Waals surface area contributed by atoms with Gasteiger partial charge in [-0.05, 0) is 25.5 Å². The van der Waals surface area contributed by atoms with E-state index in [0.717, 1.165) is 5.56 Å². The molecule has 1 aromatic rings. The molecule has 0 aliphatic heterocycles. The molecule has 0 saturated heterocycles. The van der Waals surface area contributed by atoms with E-state index < -0.39 is 0 Å². The molecule has 4 heteroatoms. The highest BCUT2D eigenvalue weighted by Crippen LogP contribution is 2.24. The van der Waals surface area contributed by atoms with Gasteiger partial charge in [0.2, 0.25) is 0 Å². The van der Waals surface area contributed by atoms with Crippen molar-refractivity contribution in [2.75, 3.05) is 11.9 Å². The number of benzene rings is 1. The van der Waals surface area contributed by atoms with Crippen LogP contribution in [0.5, 0.6) is 0 Å². The van der Waals surface area contributed by atoms with Crippen LogP contribution in [0.2, 0.25) is 5.02 Å². The van der Waals surface area contributed by atoms with Crippen LogP contribution in [0.3, 0.4) is 0 Å². The fraction of sp³-hybridized carbons (Fsp3) is 0.300. The van der Waals surface area contributed by atoms with E-state index in [1.807, 2.05) is 26.0 Å². The quantitative estimate of drug-likeness (QED) is 0.778. The van der Waals surface area contributed by atoms with Crippen molar-refractivity contribution in [1.29, 1.82) is 0 Å². The van der Waals surface area contributed by atoms with E-state index in [0.29, 0.717) is 17.3 Å². The molecule has 0 unspecified atom stereocenters. The van der Waals surface area contributed by atoms with Crippen LogP contribution < -0.4 is 10.6 Å². The van der Waals surface area contributed by atoms with Crippen molar-refractivity contribution in [3.8, 4) is 0 Å². The van der Waals surface area contributed by atoms with Crippen LogP contribution in [-0.2, 0) is 0 Å². The Hall–Kier alpha value is -1.22. The van der Waals surface area contributed by atoms with Crippen molar-refractivity contribution in [2.45, 2.75) is 13.8 Å². The molecular formula is C10H13ClN2O. The van der Waals surface area contributed by atoms with Crippen LogP contribution in [0.4, 0.5) is 10.5 Å². The molecule has 0 spiro atoms. The first-order valence-electron chi connectivity index (χ1n) is 4.45. The number of anilines is 1. The minimum atomic E-state index is -0.236. The van der Waals surface area contributed by atoms with Crippen molar-refractivity contribution >= 4 is 23.3 Å². The van der Waals surface area contributed by atoms with Crippen LogP contribution in [0, 0.1) is 6.92 Å². The number of halogens is 1. The Bertz CT molecular complexity index is 339. The lowest BCUT2D eigenvalue weighted by Crippen LogP contribution is -2.28. The second-order valence-corrected chi connectivity index (χ2v) is 3.30. The van der Waals surface area contributed by atoms with Crippen LogP contribution >= 0.6 is 11.6 Å². The Morgan fingerprint density at radius 1 is 1.50 bits per heavy atom. The molecule has 0 atom stereocenters. The highest BCUT2D eigenvalue weighted by molar-refractivity contribution is 6.34. The molecule has 76 valence electrons. The van der Waals surface area contributed by atoms with Gasteiger partial charge in [0.25, 0.3) is 0 Å². The number of hydrogen-bond acceptors (Lipinski definition) is 1. The van der Waals surface area contributed by atoms with E-state index in [9.17, 15) is 4.79 Å². The highest BCUT2D eigenvalue weighted by Gasteiger charge is 2.05. The topological polar surface area (TPSA) is 41.1 Å². The molecule has 0 aliphatic carbocycles. The van der Waals surface area contributed by atoms with Crippen molar-refractivity contribution in [3.05, 3.63) is 28.8 Å². The van der Waals surface area contributed by atoms with E-state index in [4.69, 9.17) is 11.6 Å². The average Bonchev–Trinajstić information content (AvgIpc) is 2.13. The summed E-state index contributed by atoms with van der Waals surface area (Å²) in [5.74, 6) is 0. The smallest absolute Gasteiger partial charge is 0.319 e. The maximum Gasteiger partial charge on any atom is 0.319 e. The number of amides is 2. The second kappa shape index (κ2) is 4.86. The third-order valence-electron chi connectivity index (χ3n) is 1.78. The predicted octanol–water partition coefficient (Wildman–Crippen LogP) is 2.79. The molecule has 1 rings (SSSR count). The molecule has 0 bridgehead atoms. The minimum absolute atomic E-state index is 0.236. The second-order valence-electron chi connectivity index (χ2n) is 2.92. The third-order valence-corrected chi connectivity index (χ3v) is 2.28. The van der Waals surface area contributed by atoms with E-state index in [2.05, 4.69) is 10.6 Å². The van der Waals surface area contributed by atoms with Crippen LogP contribution in [0.15, 0.2) is 18.2 Å². The molecule has 0 saturated carbocycles. The van der Waals surface area contributed by atoms with Crippen molar-refractivity contribution in [1.82, 2.24) is 5.32 Å². The van der Waals surface area contributed by atoms with Gasteiger partial charge < -0.3 is 10.6 Å². The number of hydrogen-bond donors (Lipinski definition) is 2. The summed E-state index contributed by atoms with van der Waals surface area (Å²) in [5, 5.41) is 5.88. The maximum atomic E-state index is 11.2. The standard InChI is InChI=1S/C10H13ClN2O/c1-3-12-10(14)13-8-6-4-5-7(2)9(8)11/h4-6H,3H2,1-2H3,(H2,12,13,14). The normalized spacial score (nSPS) is 9.64. The van der Waals surface area contributed by atoms with E-state index in [1.165, 1.54) is 0 Å². The third kappa shape index (κ3) is 2.64. The SMILES string of the molecule is CCNC(=O)Nc1cccc(C)c1Cl. The lowest BCUT2D eigenvalue weighted by molar-refractivity contribution is 0.252. The number of carbonyl (C=O) groups is 1. The molecule has 2 N–H and O–H groups in total. The summed E-state index contributed by atoms with van der Waals surface area (Å²) < 4.78 is 0. The van der Waals surface area contributed by atoms with E-state index in [1.54, 1.807) is 6.07 Å². The summed E-state index contributed by atoms with van der Waals surface area (Å²) in [5.41, 5.74) is 1.58. The average molecular weight is 213 g/mol. The first-order valence-corrected chi connectivity index (χ1v) is 4.83. The largest absolute Gasteiger partial charge is 0.338 e. The van der Waals surface area contributed by atoms with Crippen molar-refractivity contribution in [3.63, 3.8) is 0 Å². The predicted molar refractivity (Wildman–Crippen MR) is 58.9 cm³/mol. The monoisotopic (exact) mass is 212 g/mol. The number of rotatable bonds is 2. The fourth-order valence-corrected chi connectivity index (χ4v) is 1.24. The molecule has 1 aromatic carbocycles. The molecule has 0 aliphatic rings. The summed E-state index contributed by atoms with van der Waals surface area (Å²) in [6, 6.07) is 5.28. The Morgan fingerprint density at radius 2 is 2.21 bits per heavy atom. The molecule has 2 amide bonds. The van der Waals surface area contributed by atoms with Crippen LogP contribution in [-0.4, -0.2) is 12.6 Å². The lowest BCUT2D eigenvalue weighted by atomic mass is 10.2. The zero-order valence-corrected chi connectivity index (χ0v) is 8.98. The number of aryl methyl sites for hydroxylation is 1. The van der Waals surface area contributed by atoms with Gasteiger partial charge in [0, 0.05) is 6.54 Å². The molecular weight excluding hydrogens is 200 g/mol. The molecule has 0 heterocycles. The molecule has 3 nitrogen and oxygen atoms in total. The first kappa shape index (κ1) is 10.9. The van der Waals surface area contributed by atoms with E-state index in [-0.39, 0.29) is 6.03 Å².